The first-order valence-electron chi connectivity index (χ1n) is 4.14. The maximum Gasteiger partial charge on any atom is 0.109 e. The first-order chi connectivity index (χ1) is 6.29. The van der Waals surface area contributed by atoms with Crippen LogP contribution in [0, 0.1) is 0 Å². The lowest BCUT2D eigenvalue weighted by atomic mass is 10.3. The number of hydrogen-bond acceptors (Lipinski definition) is 3. The molecule has 2 aromatic rings. The van der Waals surface area contributed by atoms with Gasteiger partial charge in [-0.1, -0.05) is 0 Å². The molecule has 0 radical (unpaired) electrons. The Morgan fingerprint density at radius 2 is 2.31 bits per heavy atom. The molecule has 68 valence electrons. The Morgan fingerprint density at radius 3 is 3.08 bits per heavy atom. The van der Waals surface area contributed by atoms with Crippen molar-refractivity contribution in [2.45, 2.75) is 6.42 Å². The summed E-state index contributed by atoms with van der Waals surface area (Å²) in [6.45, 7) is 0.106. The molecule has 1 aromatic carbocycles. The minimum absolute atomic E-state index is 0.106. The van der Waals surface area contributed by atoms with Crippen LogP contribution in [0.1, 0.15) is 5.82 Å². The molecule has 1 heterocycles. The van der Waals surface area contributed by atoms with Crippen LogP contribution in [0.3, 0.4) is 0 Å². The van der Waals surface area contributed by atoms with Crippen molar-refractivity contribution < 1.29 is 5.11 Å². The molecule has 0 saturated carbocycles. The Kier molecular flexibility index (Phi) is 1.90. The van der Waals surface area contributed by atoms with Gasteiger partial charge in [-0.05, 0) is 18.2 Å². The molecule has 0 aliphatic carbocycles. The largest absolute Gasteiger partial charge is 0.399 e. The van der Waals surface area contributed by atoms with E-state index in [-0.39, 0.29) is 6.61 Å². The van der Waals surface area contributed by atoms with Gasteiger partial charge in [0.25, 0.3) is 0 Å². The van der Waals surface area contributed by atoms with E-state index in [1.54, 1.807) is 0 Å². The lowest BCUT2D eigenvalue weighted by Crippen LogP contribution is -1.91. The van der Waals surface area contributed by atoms with E-state index < -0.39 is 0 Å². The predicted molar refractivity (Wildman–Crippen MR) is 51.3 cm³/mol. The van der Waals surface area contributed by atoms with Crippen LogP contribution in [0.4, 0.5) is 5.69 Å². The second-order valence-electron chi connectivity index (χ2n) is 2.93. The quantitative estimate of drug-likeness (QED) is 0.590. The molecular formula is C9H11N3O. The number of rotatable bonds is 2. The second-order valence-corrected chi connectivity index (χ2v) is 2.93. The minimum atomic E-state index is 0.106. The predicted octanol–water partition coefficient (Wildman–Crippen LogP) is 0.680. The number of aliphatic hydroxyl groups is 1. The van der Waals surface area contributed by atoms with E-state index in [4.69, 9.17) is 10.8 Å². The van der Waals surface area contributed by atoms with Crippen molar-refractivity contribution in [3.05, 3.63) is 24.0 Å². The molecule has 2 rings (SSSR count). The summed E-state index contributed by atoms with van der Waals surface area (Å²) in [6, 6.07) is 5.51. The number of nitrogens with two attached hydrogens (primary N) is 1. The van der Waals surface area contributed by atoms with Crippen LogP contribution in [0.25, 0.3) is 11.0 Å². The van der Waals surface area contributed by atoms with Gasteiger partial charge in [-0.3, -0.25) is 0 Å². The summed E-state index contributed by atoms with van der Waals surface area (Å²) < 4.78 is 0. The Hall–Kier alpha value is -1.55. The van der Waals surface area contributed by atoms with E-state index >= 15 is 0 Å². The molecule has 0 spiro atoms. The smallest absolute Gasteiger partial charge is 0.109 e. The van der Waals surface area contributed by atoms with Gasteiger partial charge in [0.15, 0.2) is 0 Å². The number of benzene rings is 1. The summed E-state index contributed by atoms with van der Waals surface area (Å²) in [7, 11) is 0. The summed E-state index contributed by atoms with van der Waals surface area (Å²) in [5.74, 6) is 0.795. The van der Waals surface area contributed by atoms with Gasteiger partial charge in [-0.15, -0.1) is 0 Å². The lowest BCUT2D eigenvalue weighted by Gasteiger charge is -1.89. The molecule has 0 aliphatic rings. The molecule has 13 heavy (non-hydrogen) atoms. The van der Waals surface area contributed by atoms with Crippen LogP contribution in [0.2, 0.25) is 0 Å². The SMILES string of the molecule is Nc1ccc2nc(CCO)[nH]c2c1. The number of nitrogens with zero attached hydrogens (tertiary/aromatic N) is 1. The highest BCUT2D eigenvalue weighted by Gasteiger charge is 2.01. The molecule has 0 unspecified atom stereocenters. The first-order valence-corrected chi connectivity index (χ1v) is 4.14. The third-order valence-corrected chi connectivity index (χ3v) is 1.90. The Morgan fingerprint density at radius 1 is 1.46 bits per heavy atom. The van der Waals surface area contributed by atoms with Gasteiger partial charge in [-0.2, -0.15) is 0 Å². The molecule has 4 N–H and O–H groups in total. The van der Waals surface area contributed by atoms with Gasteiger partial charge in [-0.25, -0.2) is 4.98 Å². The van der Waals surface area contributed by atoms with E-state index in [9.17, 15) is 0 Å². The number of aromatic amines is 1. The van der Waals surface area contributed by atoms with Crippen molar-refractivity contribution in [1.82, 2.24) is 9.97 Å². The molecule has 0 saturated heterocycles. The van der Waals surface area contributed by atoms with Gasteiger partial charge in [0.2, 0.25) is 0 Å². The van der Waals surface area contributed by atoms with Crippen LogP contribution < -0.4 is 5.73 Å². The van der Waals surface area contributed by atoms with E-state index in [0.29, 0.717) is 12.1 Å². The number of nitrogens with one attached hydrogen (secondary N) is 1. The first kappa shape index (κ1) is 8.07. The highest BCUT2D eigenvalue weighted by molar-refractivity contribution is 5.78. The maximum absolute atomic E-state index is 8.71. The standard InChI is InChI=1S/C9H11N3O/c10-6-1-2-7-8(5-6)12-9(11-7)3-4-13/h1-2,5,13H,3-4,10H2,(H,11,12). The van der Waals surface area contributed by atoms with Gasteiger partial charge in [0.05, 0.1) is 17.6 Å². The Balaban J connectivity index is 2.49. The third-order valence-electron chi connectivity index (χ3n) is 1.90. The molecule has 0 atom stereocenters. The second kappa shape index (κ2) is 3.06. The highest BCUT2D eigenvalue weighted by Crippen LogP contribution is 2.14. The molecular weight excluding hydrogens is 166 g/mol. The van der Waals surface area contributed by atoms with Crippen molar-refractivity contribution in [2.75, 3.05) is 12.3 Å². The molecule has 1 aromatic heterocycles. The lowest BCUT2D eigenvalue weighted by molar-refractivity contribution is 0.297. The van der Waals surface area contributed by atoms with E-state index in [1.165, 1.54) is 0 Å². The average molecular weight is 177 g/mol. The topological polar surface area (TPSA) is 74.9 Å². The van der Waals surface area contributed by atoms with E-state index in [1.807, 2.05) is 18.2 Å². The number of nitrogen functional groups attached to an aromatic ring is 1. The summed E-state index contributed by atoms with van der Waals surface area (Å²) >= 11 is 0. The zero-order valence-corrected chi connectivity index (χ0v) is 7.12. The summed E-state index contributed by atoms with van der Waals surface area (Å²) in [5.41, 5.74) is 8.13. The van der Waals surface area contributed by atoms with Crippen LogP contribution in [-0.4, -0.2) is 21.7 Å². The number of hydrogen-bond donors (Lipinski definition) is 3. The monoisotopic (exact) mass is 177 g/mol. The van der Waals surface area contributed by atoms with Crippen LogP contribution in [0.5, 0.6) is 0 Å². The summed E-state index contributed by atoms with van der Waals surface area (Å²) in [4.78, 5) is 7.36. The van der Waals surface area contributed by atoms with E-state index in [0.717, 1.165) is 16.9 Å². The minimum Gasteiger partial charge on any atom is -0.399 e. The van der Waals surface area contributed by atoms with Crippen LogP contribution >= 0.6 is 0 Å². The number of anilines is 1. The number of fused-ring (bicyclic) bond motifs is 1. The zero-order valence-electron chi connectivity index (χ0n) is 7.12. The highest BCUT2D eigenvalue weighted by atomic mass is 16.3. The summed E-state index contributed by atoms with van der Waals surface area (Å²) in [5, 5.41) is 8.71. The fourth-order valence-corrected chi connectivity index (χ4v) is 1.30. The maximum atomic E-state index is 8.71. The molecule has 0 bridgehead atoms. The van der Waals surface area contributed by atoms with Gasteiger partial charge < -0.3 is 15.8 Å². The Bertz CT molecular complexity index is 422. The fourth-order valence-electron chi connectivity index (χ4n) is 1.30. The number of aliphatic hydroxyl groups excluding tert-OH is 1. The van der Waals surface area contributed by atoms with Crippen LogP contribution in [0.15, 0.2) is 18.2 Å². The molecule has 0 fully saturated rings. The normalized spacial score (nSPS) is 10.8. The van der Waals surface area contributed by atoms with Gasteiger partial charge in [0, 0.05) is 12.1 Å². The molecule has 4 nitrogen and oxygen atoms in total. The zero-order chi connectivity index (χ0) is 9.26. The van der Waals surface area contributed by atoms with Gasteiger partial charge in [0.1, 0.15) is 5.82 Å². The van der Waals surface area contributed by atoms with Crippen molar-refractivity contribution >= 4 is 16.7 Å². The van der Waals surface area contributed by atoms with Crippen molar-refractivity contribution in [3.8, 4) is 0 Å². The van der Waals surface area contributed by atoms with Crippen molar-refractivity contribution in [1.29, 1.82) is 0 Å². The fraction of sp³-hybridized carbons (Fsp3) is 0.222. The number of aromatic nitrogens is 2. The molecule has 0 amide bonds. The molecule has 0 aliphatic heterocycles. The average Bonchev–Trinajstić information content (AvgIpc) is 2.46. The molecule has 4 heteroatoms. The van der Waals surface area contributed by atoms with Crippen molar-refractivity contribution in [2.24, 2.45) is 0 Å². The third kappa shape index (κ3) is 1.48. The number of H-pyrrole nitrogens is 1. The summed E-state index contributed by atoms with van der Waals surface area (Å²) in [6.07, 6.45) is 0.550. The van der Waals surface area contributed by atoms with E-state index in [2.05, 4.69) is 9.97 Å². The Labute approximate surface area is 75.4 Å². The van der Waals surface area contributed by atoms with Crippen LogP contribution in [-0.2, 0) is 6.42 Å². The van der Waals surface area contributed by atoms with Gasteiger partial charge >= 0.3 is 0 Å². The number of imidazole rings is 1. The van der Waals surface area contributed by atoms with Crippen molar-refractivity contribution in [3.63, 3.8) is 0 Å².